The number of nitro groups is 1. The lowest BCUT2D eigenvalue weighted by Crippen LogP contribution is -2.39. The van der Waals surface area contributed by atoms with E-state index in [4.69, 9.17) is 5.73 Å². The summed E-state index contributed by atoms with van der Waals surface area (Å²) in [6.45, 7) is 1.92. The summed E-state index contributed by atoms with van der Waals surface area (Å²) in [4.78, 5) is 21.7. The molecule has 0 aliphatic heterocycles. The van der Waals surface area contributed by atoms with Crippen LogP contribution in [-0.2, 0) is 11.3 Å². The standard InChI is InChI=1S/C11H15N3O3/c1-2-9(12)11(15)13-7-8-5-3-4-6-10(8)14(16)17/h3-6,9H,2,7,12H2,1H3,(H,13,15)/t9-/m1/s1. The maximum Gasteiger partial charge on any atom is 0.274 e. The number of nitrogens with zero attached hydrogens (tertiary/aromatic N) is 1. The van der Waals surface area contributed by atoms with E-state index >= 15 is 0 Å². The van der Waals surface area contributed by atoms with E-state index in [-0.39, 0.29) is 18.1 Å². The van der Waals surface area contributed by atoms with Crippen molar-refractivity contribution in [2.45, 2.75) is 25.9 Å². The van der Waals surface area contributed by atoms with Crippen LogP contribution < -0.4 is 11.1 Å². The Morgan fingerprint density at radius 2 is 2.18 bits per heavy atom. The molecule has 6 heteroatoms. The minimum absolute atomic E-state index is 0.00197. The number of hydrogen-bond donors (Lipinski definition) is 2. The van der Waals surface area contributed by atoms with Crippen molar-refractivity contribution in [3.63, 3.8) is 0 Å². The lowest BCUT2D eigenvalue weighted by molar-refractivity contribution is -0.385. The molecule has 6 nitrogen and oxygen atoms in total. The summed E-state index contributed by atoms with van der Waals surface area (Å²) in [5, 5.41) is 13.3. The molecule has 0 aliphatic carbocycles. The fourth-order valence-electron chi connectivity index (χ4n) is 1.34. The molecule has 0 aliphatic rings. The van der Waals surface area contributed by atoms with Crippen LogP contribution in [0.5, 0.6) is 0 Å². The van der Waals surface area contributed by atoms with Gasteiger partial charge in [-0.1, -0.05) is 25.1 Å². The molecule has 0 spiro atoms. The van der Waals surface area contributed by atoms with Gasteiger partial charge in [-0.15, -0.1) is 0 Å². The van der Waals surface area contributed by atoms with Crippen LogP contribution in [0.2, 0.25) is 0 Å². The van der Waals surface area contributed by atoms with Crippen LogP contribution in [0.15, 0.2) is 24.3 Å². The van der Waals surface area contributed by atoms with Crippen LogP contribution in [0.4, 0.5) is 5.69 Å². The Labute approximate surface area is 99.0 Å². The Morgan fingerprint density at radius 1 is 1.53 bits per heavy atom. The topological polar surface area (TPSA) is 98.3 Å². The second kappa shape index (κ2) is 5.95. The largest absolute Gasteiger partial charge is 0.350 e. The fraction of sp³-hybridized carbons (Fsp3) is 0.364. The van der Waals surface area contributed by atoms with Crippen molar-refractivity contribution >= 4 is 11.6 Å². The third-order valence-electron chi connectivity index (χ3n) is 2.42. The van der Waals surface area contributed by atoms with Crippen molar-refractivity contribution in [1.82, 2.24) is 5.32 Å². The smallest absolute Gasteiger partial charge is 0.274 e. The monoisotopic (exact) mass is 237 g/mol. The Hall–Kier alpha value is -1.95. The molecule has 0 unspecified atom stereocenters. The van der Waals surface area contributed by atoms with Crippen molar-refractivity contribution in [2.75, 3.05) is 0 Å². The molecule has 0 aromatic heterocycles. The molecule has 0 fully saturated rings. The van der Waals surface area contributed by atoms with Crippen LogP contribution >= 0.6 is 0 Å². The SMILES string of the molecule is CC[C@@H](N)C(=O)NCc1ccccc1[N+](=O)[O-]. The van der Waals surface area contributed by atoms with Crippen molar-refractivity contribution < 1.29 is 9.72 Å². The number of para-hydroxylation sites is 1. The maximum absolute atomic E-state index is 11.4. The molecule has 0 bridgehead atoms. The van der Waals surface area contributed by atoms with Gasteiger partial charge in [-0.2, -0.15) is 0 Å². The second-order valence-electron chi connectivity index (χ2n) is 3.62. The minimum atomic E-state index is -0.572. The third-order valence-corrected chi connectivity index (χ3v) is 2.42. The summed E-state index contributed by atoms with van der Waals surface area (Å²) in [6, 6.07) is 5.71. The first-order valence-electron chi connectivity index (χ1n) is 5.31. The number of carbonyl (C=O) groups is 1. The van der Waals surface area contributed by atoms with Crippen LogP contribution in [0.3, 0.4) is 0 Å². The highest BCUT2D eigenvalue weighted by Gasteiger charge is 2.15. The van der Waals surface area contributed by atoms with Gasteiger partial charge in [-0.3, -0.25) is 14.9 Å². The van der Waals surface area contributed by atoms with Crippen LogP contribution in [0, 0.1) is 10.1 Å². The summed E-state index contributed by atoms with van der Waals surface area (Å²) in [5.41, 5.74) is 6.00. The highest BCUT2D eigenvalue weighted by molar-refractivity contribution is 5.81. The van der Waals surface area contributed by atoms with Crippen LogP contribution in [0.25, 0.3) is 0 Å². The van der Waals surface area contributed by atoms with Crippen LogP contribution in [-0.4, -0.2) is 16.9 Å². The predicted molar refractivity (Wildman–Crippen MR) is 63.2 cm³/mol. The Balaban J connectivity index is 2.69. The molecule has 1 atom stereocenters. The highest BCUT2D eigenvalue weighted by Crippen LogP contribution is 2.16. The Kier molecular flexibility index (Phi) is 4.59. The van der Waals surface area contributed by atoms with Gasteiger partial charge in [-0.05, 0) is 6.42 Å². The Bertz CT molecular complexity index is 420. The van der Waals surface area contributed by atoms with Gasteiger partial charge in [0.25, 0.3) is 5.69 Å². The Morgan fingerprint density at radius 3 is 2.76 bits per heavy atom. The molecule has 92 valence electrons. The number of hydrogen-bond acceptors (Lipinski definition) is 4. The van der Waals surface area contributed by atoms with E-state index in [0.717, 1.165) is 0 Å². The summed E-state index contributed by atoms with van der Waals surface area (Å²) in [6.07, 6.45) is 0.530. The lowest BCUT2D eigenvalue weighted by Gasteiger charge is -2.10. The summed E-state index contributed by atoms with van der Waals surface area (Å²) < 4.78 is 0. The number of nitrogens with one attached hydrogen (secondary N) is 1. The zero-order valence-electron chi connectivity index (χ0n) is 9.55. The van der Waals surface area contributed by atoms with E-state index < -0.39 is 11.0 Å². The number of rotatable bonds is 5. The quantitative estimate of drug-likeness (QED) is 0.588. The van der Waals surface area contributed by atoms with Crippen LogP contribution in [0.1, 0.15) is 18.9 Å². The first-order chi connectivity index (χ1) is 8.06. The number of carbonyl (C=O) groups excluding carboxylic acids is 1. The van der Waals surface area contributed by atoms with Crippen molar-refractivity contribution in [3.8, 4) is 0 Å². The molecular weight excluding hydrogens is 222 g/mol. The normalized spacial score (nSPS) is 11.9. The molecular formula is C11H15N3O3. The van der Waals surface area contributed by atoms with Crippen molar-refractivity contribution in [2.24, 2.45) is 5.73 Å². The zero-order valence-corrected chi connectivity index (χ0v) is 9.55. The molecule has 0 radical (unpaired) electrons. The molecule has 1 amide bonds. The van der Waals surface area contributed by atoms with Gasteiger partial charge in [0.15, 0.2) is 0 Å². The van der Waals surface area contributed by atoms with Crippen molar-refractivity contribution in [3.05, 3.63) is 39.9 Å². The molecule has 1 aromatic rings. The molecule has 17 heavy (non-hydrogen) atoms. The van der Waals surface area contributed by atoms with Gasteiger partial charge >= 0.3 is 0 Å². The van der Waals surface area contributed by atoms with Gasteiger partial charge in [0.1, 0.15) is 0 Å². The summed E-state index contributed by atoms with van der Waals surface area (Å²) in [7, 11) is 0. The first-order valence-corrected chi connectivity index (χ1v) is 5.31. The first kappa shape index (κ1) is 13.1. The average molecular weight is 237 g/mol. The fourth-order valence-corrected chi connectivity index (χ4v) is 1.34. The average Bonchev–Trinajstić information content (AvgIpc) is 2.35. The summed E-state index contributed by atoms with van der Waals surface area (Å²) in [5.74, 6) is -0.300. The number of nitrogens with two attached hydrogens (primary N) is 1. The van der Waals surface area contributed by atoms with Crippen molar-refractivity contribution in [1.29, 1.82) is 0 Å². The maximum atomic E-state index is 11.4. The molecule has 3 N–H and O–H groups in total. The van der Waals surface area contributed by atoms with Gasteiger partial charge in [0.05, 0.1) is 11.0 Å². The van der Waals surface area contributed by atoms with E-state index in [9.17, 15) is 14.9 Å². The second-order valence-corrected chi connectivity index (χ2v) is 3.62. The number of benzene rings is 1. The van der Waals surface area contributed by atoms with E-state index in [0.29, 0.717) is 12.0 Å². The van der Waals surface area contributed by atoms with E-state index in [1.165, 1.54) is 6.07 Å². The molecule has 0 saturated heterocycles. The third kappa shape index (κ3) is 3.53. The minimum Gasteiger partial charge on any atom is -0.350 e. The molecule has 0 heterocycles. The van der Waals surface area contributed by atoms with Gasteiger partial charge in [-0.25, -0.2) is 0 Å². The number of nitro benzene ring substituents is 1. The zero-order chi connectivity index (χ0) is 12.8. The van der Waals surface area contributed by atoms with E-state index in [1.54, 1.807) is 25.1 Å². The summed E-state index contributed by atoms with van der Waals surface area (Å²) >= 11 is 0. The van der Waals surface area contributed by atoms with Gasteiger partial charge in [0, 0.05) is 18.2 Å². The predicted octanol–water partition coefficient (Wildman–Crippen LogP) is 0.948. The number of amides is 1. The van der Waals surface area contributed by atoms with Gasteiger partial charge in [0.2, 0.25) is 5.91 Å². The van der Waals surface area contributed by atoms with Gasteiger partial charge < -0.3 is 11.1 Å². The van der Waals surface area contributed by atoms with E-state index in [2.05, 4.69) is 5.32 Å². The van der Waals surface area contributed by atoms with E-state index in [1.807, 2.05) is 0 Å². The molecule has 1 rings (SSSR count). The molecule has 0 saturated carbocycles. The molecule has 1 aromatic carbocycles. The highest BCUT2D eigenvalue weighted by atomic mass is 16.6. The lowest BCUT2D eigenvalue weighted by atomic mass is 10.1.